The normalized spacial score (nSPS) is 11.3. The molecule has 1 amide bonds. The maximum atomic E-state index is 13.9. The molecule has 1 N–H and O–H groups in total. The van der Waals surface area contributed by atoms with Crippen LogP contribution in [0, 0.1) is 17.5 Å². The standard InChI is InChI=1S/C24H16F3N5O3/c25-15-7-5-14(6-8-15)12-30-22(34)17-3-1-2-4-20(17)32-23(30)29-31(24(32)35)13-21(33)28-19-10-9-16(26)11-18(19)27/h1-11H,12-13H2,(H,28,33). The third-order valence-electron chi connectivity index (χ3n) is 5.44. The molecule has 35 heavy (non-hydrogen) atoms. The van der Waals surface area contributed by atoms with Crippen LogP contribution in [0.3, 0.4) is 0 Å². The van der Waals surface area contributed by atoms with E-state index in [0.29, 0.717) is 17.1 Å². The fraction of sp³-hybridized carbons (Fsp3) is 0.0833. The number of aromatic nitrogens is 4. The lowest BCUT2D eigenvalue weighted by Gasteiger charge is -2.09. The number of rotatable bonds is 5. The molecule has 2 aromatic heterocycles. The molecule has 8 nitrogen and oxygen atoms in total. The number of fused-ring (bicyclic) bond motifs is 3. The molecule has 0 unspecified atom stereocenters. The summed E-state index contributed by atoms with van der Waals surface area (Å²) in [7, 11) is 0. The van der Waals surface area contributed by atoms with Gasteiger partial charge in [0.2, 0.25) is 11.7 Å². The summed E-state index contributed by atoms with van der Waals surface area (Å²) < 4.78 is 43.7. The highest BCUT2D eigenvalue weighted by Crippen LogP contribution is 2.16. The van der Waals surface area contributed by atoms with Gasteiger partial charge in [-0.25, -0.2) is 27.0 Å². The van der Waals surface area contributed by atoms with Gasteiger partial charge in [-0.05, 0) is 42.0 Å². The van der Waals surface area contributed by atoms with Crippen LogP contribution < -0.4 is 16.6 Å². The minimum atomic E-state index is -0.972. The van der Waals surface area contributed by atoms with E-state index in [4.69, 9.17) is 0 Å². The van der Waals surface area contributed by atoms with Gasteiger partial charge in [0.15, 0.2) is 0 Å². The van der Waals surface area contributed by atoms with E-state index < -0.39 is 41.2 Å². The van der Waals surface area contributed by atoms with Gasteiger partial charge in [0.25, 0.3) is 5.56 Å². The van der Waals surface area contributed by atoms with Gasteiger partial charge in [-0.2, -0.15) is 0 Å². The molecule has 0 atom stereocenters. The van der Waals surface area contributed by atoms with E-state index in [1.54, 1.807) is 24.3 Å². The molecule has 0 fully saturated rings. The highest BCUT2D eigenvalue weighted by molar-refractivity contribution is 5.90. The van der Waals surface area contributed by atoms with Gasteiger partial charge in [-0.15, -0.1) is 5.10 Å². The summed E-state index contributed by atoms with van der Waals surface area (Å²) in [6.07, 6.45) is 0. The molecule has 0 radical (unpaired) electrons. The van der Waals surface area contributed by atoms with Gasteiger partial charge in [-0.1, -0.05) is 24.3 Å². The van der Waals surface area contributed by atoms with Crippen molar-refractivity contribution >= 4 is 28.3 Å². The van der Waals surface area contributed by atoms with Crippen LogP contribution >= 0.6 is 0 Å². The Morgan fingerprint density at radius 2 is 1.63 bits per heavy atom. The third-order valence-corrected chi connectivity index (χ3v) is 5.44. The largest absolute Gasteiger partial charge is 0.352 e. The van der Waals surface area contributed by atoms with Gasteiger partial charge in [0.05, 0.1) is 23.1 Å². The molecule has 0 bridgehead atoms. The molecule has 0 saturated heterocycles. The molecule has 0 aliphatic carbocycles. The SMILES string of the molecule is O=C(Cn1nc2n(Cc3ccc(F)cc3)c(=O)c3ccccc3n2c1=O)Nc1ccc(F)cc1F. The zero-order chi connectivity index (χ0) is 24.7. The average molecular weight is 479 g/mol. The Hall–Kier alpha value is -4.67. The highest BCUT2D eigenvalue weighted by Gasteiger charge is 2.19. The lowest BCUT2D eigenvalue weighted by atomic mass is 10.2. The fourth-order valence-electron chi connectivity index (χ4n) is 3.80. The molecule has 0 aliphatic rings. The van der Waals surface area contributed by atoms with E-state index in [2.05, 4.69) is 10.4 Å². The van der Waals surface area contributed by atoms with Crippen molar-refractivity contribution in [1.82, 2.24) is 18.7 Å². The summed E-state index contributed by atoms with van der Waals surface area (Å²) in [6, 6.07) is 14.6. The Morgan fingerprint density at radius 3 is 2.37 bits per heavy atom. The summed E-state index contributed by atoms with van der Waals surface area (Å²) in [6.45, 7) is -0.590. The minimum absolute atomic E-state index is 0.00309. The number of hydrogen-bond acceptors (Lipinski definition) is 4. The van der Waals surface area contributed by atoms with Crippen LogP contribution in [0.25, 0.3) is 16.7 Å². The van der Waals surface area contributed by atoms with E-state index in [-0.39, 0.29) is 23.4 Å². The van der Waals surface area contributed by atoms with Crippen molar-refractivity contribution in [3.05, 3.63) is 111 Å². The van der Waals surface area contributed by atoms with Crippen molar-refractivity contribution < 1.29 is 18.0 Å². The molecular weight excluding hydrogens is 463 g/mol. The molecule has 11 heteroatoms. The quantitative estimate of drug-likeness (QED) is 0.420. The smallest absolute Gasteiger partial charge is 0.322 e. The predicted molar refractivity (Wildman–Crippen MR) is 122 cm³/mol. The Bertz CT molecular complexity index is 1720. The maximum Gasteiger partial charge on any atom is 0.352 e. The Balaban J connectivity index is 1.60. The van der Waals surface area contributed by atoms with E-state index >= 15 is 0 Å². The molecule has 176 valence electrons. The zero-order valence-corrected chi connectivity index (χ0v) is 17.9. The van der Waals surface area contributed by atoms with Crippen molar-refractivity contribution in [2.24, 2.45) is 0 Å². The number of para-hydroxylation sites is 1. The maximum absolute atomic E-state index is 13.9. The number of nitrogens with zero attached hydrogens (tertiary/aromatic N) is 4. The van der Waals surface area contributed by atoms with E-state index in [1.165, 1.54) is 33.2 Å². The van der Waals surface area contributed by atoms with Crippen LogP contribution in [0.5, 0.6) is 0 Å². The van der Waals surface area contributed by atoms with E-state index in [9.17, 15) is 27.6 Å². The Morgan fingerprint density at radius 1 is 0.914 bits per heavy atom. The molecule has 5 aromatic rings. The number of nitrogens with one attached hydrogen (secondary N) is 1. The first-order valence-electron chi connectivity index (χ1n) is 10.4. The Labute approximate surface area is 194 Å². The molecule has 3 aromatic carbocycles. The van der Waals surface area contributed by atoms with Crippen LogP contribution in [0.1, 0.15) is 5.56 Å². The number of hydrogen-bond donors (Lipinski definition) is 1. The second kappa shape index (κ2) is 8.60. The first kappa shape index (κ1) is 22.1. The lowest BCUT2D eigenvalue weighted by molar-refractivity contribution is -0.117. The number of carbonyl (C=O) groups excluding carboxylic acids is 1. The first-order valence-corrected chi connectivity index (χ1v) is 10.4. The summed E-state index contributed by atoms with van der Waals surface area (Å²) in [4.78, 5) is 38.9. The second-order valence-electron chi connectivity index (χ2n) is 7.78. The van der Waals surface area contributed by atoms with Crippen LogP contribution in [-0.2, 0) is 17.9 Å². The third kappa shape index (κ3) is 4.07. The molecular formula is C24H16F3N5O3. The number of carbonyl (C=O) groups is 1. The number of amides is 1. The van der Waals surface area contributed by atoms with E-state index in [1.807, 2.05) is 0 Å². The van der Waals surface area contributed by atoms with E-state index in [0.717, 1.165) is 16.8 Å². The summed E-state index contributed by atoms with van der Waals surface area (Å²) in [5.41, 5.74) is -0.487. The summed E-state index contributed by atoms with van der Waals surface area (Å²) >= 11 is 0. The number of anilines is 1. The lowest BCUT2D eigenvalue weighted by Crippen LogP contribution is -2.29. The van der Waals surface area contributed by atoms with Crippen molar-refractivity contribution in [3.8, 4) is 0 Å². The molecule has 0 spiro atoms. The molecule has 0 aliphatic heterocycles. The van der Waals surface area contributed by atoms with Crippen LogP contribution in [-0.4, -0.2) is 24.7 Å². The molecule has 0 saturated carbocycles. The van der Waals surface area contributed by atoms with Crippen LogP contribution in [0.15, 0.2) is 76.3 Å². The fourth-order valence-corrected chi connectivity index (χ4v) is 3.80. The van der Waals surface area contributed by atoms with Gasteiger partial charge in [-0.3, -0.25) is 14.2 Å². The van der Waals surface area contributed by atoms with Crippen molar-refractivity contribution in [2.75, 3.05) is 5.32 Å². The van der Waals surface area contributed by atoms with Crippen molar-refractivity contribution in [2.45, 2.75) is 13.1 Å². The zero-order valence-electron chi connectivity index (χ0n) is 17.9. The minimum Gasteiger partial charge on any atom is -0.322 e. The van der Waals surface area contributed by atoms with Gasteiger partial charge in [0, 0.05) is 6.07 Å². The van der Waals surface area contributed by atoms with Gasteiger partial charge >= 0.3 is 5.69 Å². The number of halogens is 3. The Kier molecular flexibility index (Phi) is 5.44. The van der Waals surface area contributed by atoms with Crippen molar-refractivity contribution in [1.29, 1.82) is 0 Å². The van der Waals surface area contributed by atoms with Gasteiger partial charge in [0.1, 0.15) is 24.0 Å². The van der Waals surface area contributed by atoms with Crippen LogP contribution in [0.4, 0.5) is 18.9 Å². The predicted octanol–water partition coefficient (Wildman–Crippen LogP) is 2.92. The van der Waals surface area contributed by atoms with Crippen molar-refractivity contribution in [3.63, 3.8) is 0 Å². The van der Waals surface area contributed by atoms with Crippen LogP contribution in [0.2, 0.25) is 0 Å². The molecule has 5 rings (SSSR count). The number of benzene rings is 3. The monoisotopic (exact) mass is 479 g/mol. The molecule has 2 heterocycles. The summed E-state index contributed by atoms with van der Waals surface area (Å²) in [5, 5.41) is 6.72. The second-order valence-corrected chi connectivity index (χ2v) is 7.78. The average Bonchev–Trinajstić information content (AvgIpc) is 3.15. The topological polar surface area (TPSA) is 90.4 Å². The summed E-state index contributed by atoms with van der Waals surface area (Å²) in [5.74, 6) is -3.02. The first-order chi connectivity index (χ1) is 16.8. The highest BCUT2D eigenvalue weighted by atomic mass is 19.1. The van der Waals surface area contributed by atoms with Gasteiger partial charge < -0.3 is 5.32 Å².